The van der Waals surface area contributed by atoms with Crippen LogP contribution < -0.4 is 11.1 Å². The predicted octanol–water partition coefficient (Wildman–Crippen LogP) is 3.30. The Kier molecular flexibility index (Phi) is 5.05. The number of rotatable bonds is 5. The maximum atomic E-state index is 5.68. The first-order chi connectivity index (χ1) is 7.16. The van der Waals surface area contributed by atoms with Crippen LogP contribution in [0.4, 0.5) is 5.69 Å². The van der Waals surface area contributed by atoms with Crippen molar-refractivity contribution in [1.82, 2.24) is 0 Å². The molecule has 1 aromatic carbocycles. The molecule has 0 saturated heterocycles. The SMILES string of the molecule is CCCCNc1cccc(Br)c1C(N)=S. The van der Waals surface area contributed by atoms with Crippen molar-refractivity contribution in [3.63, 3.8) is 0 Å². The van der Waals surface area contributed by atoms with Crippen molar-refractivity contribution in [3.05, 3.63) is 28.2 Å². The van der Waals surface area contributed by atoms with Crippen LogP contribution in [0.15, 0.2) is 22.7 Å². The van der Waals surface area contributed by atoms with E-state index < -0.39 is 0 Å². The standard InChI is InChI=1S/C11H15BrN2S/c1-2-3-7-14-9-6-4-5-8(12)10(9)11(13)15/h4-6,14H,2-3,7H2,1H3,(H2,13,15). The van der Waals surface area contributed by atoms with Crippen LogP contribution in [0.2, 0.25) is 0 Å². The van der Waals surface area contributed by atoms with Crippen LogP contribution in [-0.4, -0.2) is 11.5 Å². The molecule has 0 unspecified atom stereocenters. The lowest BCUT2D eigenvalue weighted by Gasteiger charge is -2.12. The van der Waals surface area contributed by atoms with E-state index >= 15 is 0 Å². The van der Waals surface area contributed by atoms with E-state index in [1.165, 1.54) is 6.42 Å². The van der Waals surface area contributed by atoms with E-state index in [0.29, 0.717) is 4.99 Å². The van der Waals surface area contributed by atoms with E-state index in [1.54, 1.807) is 0 Å². The maximum absolute atomic E-state index is 5.68. The van der Waals surface area contributed by atoms with Crippen LogP contribution in [0.3, 0.4) is 0 Å². The normalized spacial score (nSPS) is 10.0. The molecule has 0 saturated carbocycles. The molecule has 0 amide bonds. The fourth-order valence-electron chi connectivity index (χ4n) is 1.32. The Hall–Kier alpha value is -0.610. The molecule has 3 N–H and O–H groups in total. The number of anilines is 1. The molecule has 0 aliphatic rings. The van der Waals surface area contributed by atoms with Gasteiger partial charge < -0.3 is 11.1 Å². The molecule has 0 heterocycles. The monoisotopic (exact) mass is 286 g/mol. The van der Waals surface area contributed by atoms with Crippen molar-refractivity contribution < 1.29 is 0 Å². The number of nitrogens with two attached hydrogens (primary N) is 1. The zero-order valence-corrected chi connectivity index (χ0v) is 11.1. The highest BCUT2D eigenvalue weighted by molar-refractivity contribution is 9.10. The van der Waals surface area contributed by atoms with Crippen molar-refractivity contribution in [2.45, 2.75) is 19.8 Å². The third-order valence-corrected chi connectivity index (χ3v) is 2.97. The minimum Gasteiger partial charge on any atom is -0.389 e. The summed E-state index contributed by atoms with van der Waals surface area (Å²) < 4.78 is 0.941. The van der Waals surface area contributed by atoms with Gasteiger partial charge in [0.2, 0.25) is 0 Å². The van der Waals surface area contributed by atoms with E-state index in [4.69, 9.17) is 18.0 Å². The summed E-state index contributed by atoms with van der Waals surface area (Å²) in [6.07, 6.45) is 2.31. The van der Waals surface area contributed by atoms with Gasteiger partial charge in [0.1, 0.15) is 4.99 Å². The average Bonchev–Trinajstić information content (AvgIpc) is 2.17. The van der Waals surface area contributed by atoms with Crippen LogP contribution >= 0.6 is 28.1 Å². The minimum absolute atomic E-state index is 0.418. The second kappa shape index (κ2) is 6.08. The lowest BCUT2D eigenvalue weighted by molar-refractivity contribution is 0.834. The van der Waals surface area contributed by atoms with Crippen molar-refractivity contribution >= 4 is 38.8 Å². The van der Waals surface area contributed by atoms with Gasteiger partial charge in [0.25, 0.3) is 0 Å². The number of thiocarbonyl (C=S) groups is 1. The van der Waals surface area contributed by atoms with Gasteiger partial charge >= 0.3 is 0 Å². The first-order valence-electron chi connectivity index (χ1n) is 4.99. The first kappa shape index (κ1) is 12.5. The summed E-state index contributed by atoms with van der Waals surface area (Å²) in [5.74, 6) is 0. The van der Waals surface area contributed by atoms with Crippen molar-refractivity contribution in [1.29, 1.82) is 0 Å². The van der Waals surface area contributed by atoms with E-state index in [2.05, 4.69) is 28.2 Å². The van der Waals surface area contributed by atoms with Gasteiger partial charge in [0.15, 0.2) is 0 Å². The summed E-state index contributed by atoms with van der Waals surface area (Å²) in [6, 6.07) is 5.91. The topological polar surface area (TPSA) is 38.0 Å². The van der Waals surface area contributed by atoms with Crippen LogP contribution in [-0.2, 0) is 0 Å². The number of hydrogen-bond donors (Lipinski definition) is 2. The fourth-order valence-corrected chi connectivity index (χ4v) is 2.25. The molecule has 82 valence electrons. The van der Waals surface area contributed by atoms with E-state index in [1.807, 2.05) is 18.2 Å². The molecule has 0 atom stereocenters. The lowest BCUT2D eigenvalue weighted by atomic mass is 10.1. The van der Waals surface area contributed by atoms with Crippen LogP contribution in [0.25, 0.3) is 0 Å². The van der Waals surface area contributed by atoms with E-state index in [0.717, 1.165) is 28.7 Å². The molecule has 0 fully saturated rings. The zero-order valence-electron chi connectivity index (χ0n) is 8.72. The minimum atomic E-state index is 0.418. The Morgan fingerprint density at radius 2 is 2.27 bits per heavy atom. The van der Waals surface area contributed by atoms with Crippen molar-refractivity contribution in [2.75, 3.05) is 11.9 Å². The maximum Gasteiger partial charge on any atom is 0.107 e. The summed E-state index contributed by atoms with van der Waals surface area (Å²) in [7, 11) is 0. The van der Waals surface area contributed by atoms with Gasteiger partial charge in [-0.05, 0) is 34.5 Å². The average molecular weight is 287 g/mol. The van der Waals surface area contributed by atoms with Crippen LogP contribution in [0.5, 0.6) is 0 Å². The van der Waals surface area contributed by atoms with Gasteiger partial charge in [-0.2, -0.15) is 0 Å². The molecule has 15 heavy (non-hydrogen) atoms. The molecule has 0 spiro atoms. The Balaban J connectivity index is 2.86. The Bertz CT molecular complexity index is 352. The highest BCUT2D eigenvalue weighted by atomic mass is 79.9. The molecular formula is C11H15BrN2S. The molecular weight excluding hydrogens is 272 g/mol. The number of hydrogen-bond acceptors (Lipinski definition) is 2. The molecule has 0 aromatic heterocycles. The zero-order chi connectivity index (χ0) is 11.3. The molecule has 0 aliphatic heterocycles. The third-order valence-electron chi connectivity index (χ3n) is 2.11. The van der Waals surface area contributed by atoms with Crippen molar-refractivity contribution in [3.8, 4) is 0 Å². The highest BCUT2D eigenvalue weighted by Crippen LogP contribution is 2.24. The lowest BCUT2D eigenvalue weighted by Crippen LogP contribution is -2.14. The molecule has 0 radical (unpaired) electrons. The van der Waals surface area contributed by atoms with Crippen LogP contribution in [0.1, 0.15) is 25.3 Å². The second-order valence-electron chi connectivity index (χ2n) is 3.31. The van der Waals surface area contributed by atoms with E-state index in [9.17, 15) is 0 Å². The third kappa shape index (κ3) is 3.47. The van der Waals surface area contributed by atoms with Gasteiger partial charge in [-0.25, -0.2) is 0 Å². The van der Waals surface area contributed by atoms with Crippen molar-refractivity contribution in [2.24, 2.45) is 5.73 Å². The fraction of sp³-hybridized carbons (Fsp3) is 0.364. The predicted molar refractivity (Wildman–Crippen MR) is 73.4 cm³/mol. The Morgan fingerprint density at radius 1 is 1.53 bits per heavy atom. The van der Waals surface area contributed by atoms with E-state index in [-0.39, 0.29) is 0 Å². The molecule has 1 aromatic rings. The second-order valence-corrected chi connectivity index (χ2v) is 4.60. The van der Waals surface area contributed by atoms with Gasteiger partial charge in [0.05, 0.1) is 0 Å². The molecule has 2 nitrogen and oxygen atoms in total. The summed E-state index contributed by atoms with van der Waals surface area (Å²) in [4.78, 5) is 0.418. The summed E-state index contributed by atoms with van der Waals surface area (Å²) in [5.41, 5.74) is 7.58. The molecule has 1 rings (SSSR count). The van der Waals surface area contributed by atoms with Crippen LogP contribution in [0, 0.1) is 0 Å². The largest absolute Gasteiger partial charge is 0.389 e. The number of unbranched alkanes of at least 4 members (excludes halogenated alkanes) is 1. The van der Waals surface area contributed by atoms with Gasteiger partial charge in [-0.15, -0.1) is 0 Å². The van der Waals surface area contributed by atoms with Gasteiger partial charge in [-0.3, -0.25) is 0 Å². The van der Waals surface area contributed by atoms with Gasteiger partial charge in [0, 0.05) is 22.3 Å². The Labute approximate surface area is 104 Å². The Morgan fingerprint density at radius 3 is 2.87 bits per heavy atom. The number of benzene rings is 1. The number of halogens is 1. The first-order valence-corrected chi connectivity index (χ1v) is 6.19. The van der Waals surface area contributed by atoms with Gasteiger partial charge in [-0.1, -0.05) is 31.6 Å². The number of nitrogens with one attached hydrogen (secondary N) is 1. The smallest absolute Gasteiger partial charge is 0.107 e. The summed E-state index contributed by atoms with van der Waals surface area (Å²) in [6.45, 7) is 3.11. The summed E-state index contributed by atoms with van der Waals surface area (Å²) >= 11 is 8.47. The summed E-state index contributed by atoms with van der Waals surface area (Å²) in [5, 5.41) is 3.34. The molecule has 0 bridgehead atoms. The quantitative estimate of drug-likeness (QED) is 0.644. The molecule has 4 heteroatoms. The molecule has 0 aliphatic carbocycles. The highest BCUT2D eigenvalue weighted by Gasteiger charge is 2.08.